The molecule has 2 fully saturated rings. The molecule has 1 atom stereocenters. The van der Waals surface area contributed by atoms with E-state index in [9.17, 15) is 10.2 Å². The summed E-state index contributed by atoms with van der Waals surface area (Å²) in [7, 11) is 0. The van der Waals surface area contributed by atoms with Gasteiger partial charge in [0, 0.05) is 39.3 Å². The van der Waals surface area contributed by atoms with Crippen LogP contribution in [0.5, 0.6) is 23.0 Å². The summed E-state index contributed by atoms with van der Waals surface area (Å²) in [6.07, 6.45) is 27.4. The molecule has 4 nitrogen and oxygen atoms in total. The monoisotopic (exact) mass is 862 g/mol. The summed E-state index contributed by atoms with van der Waals surface area (Å²) in [4.78, 5) is 0. The molecule has 2 bridgehead atoms. The molecule has 65 heavy (non-hydrogen) atoms. The summed E-state index contributed by atoms with van der Waals surface area (Å²) < 4.78 is 13.9. The van der Waals surface area contributed by atoms with Crippen LogP contribution >= 0.6 is 0 Å². The third-order valence-corrected chi connectivity index (χ3v) is 15.8. The Bertz CT molecular complexity index is 2700. The second-order valence-corrected chi connectivity index (χ2v) is 20.3. The van der Waals surface area contributed by atoms with Crippen LogP contribution in [0.25, 0.3) is 39.0 Å². The maximum absolute atomic E-state index is 12.4. The fourth-order valence-corrected chi connectivity index (χ4v) is 12.7. The molecule has 0 spiro atoms. The molecule has 0 radical (unpaired) electrons. The zero-order chi connectivity index (χ0) is 44.0. The van der Waals surface area contributed by atoms with Crippen LogP contribution in [0.3, 0.4) is 0 Å². The highest BCUT2D eigenvalue weighted by atomic mass is 16.5. The van der Waals surface area contributed by atoms with Gasteiger partial charge in [-0.3, -0.25) is 0 Å². The van der Waals surface area contributed by atoms with Gasteiger partial charge in [-0.25, -0.2) is 0 Å². The van der Waals surface area contributed by atoms with E-state index in [1.807, 2.05) is 0 Å². The second-order valence-electron chi connectivity index (χ2n) is 20.3. The number of aryl methyl sites for hydroxylation is 4. The van der Waals surface area contributed by atoms with Crippen molar-refractivity contribution in [1.29, 1.82) is 0 Å². The standard InChI is InChI=1S/C61H66O4/c1-38-31-52(60(62)54(33-38)58-44-19-4-3-15-40(36-44)35-41-16-5-8-20-47(41)58)50-23-11-13-25-56(50)64-45-27-29-46(30-28-45)65-57-26-14-12-24-51(57)53-32-39(2)34-55(61(53)63)59-48-21-9-6-17-42(48)37-43-18-7-10-22-49(43)59/h11-14,23-26,31-37,44-46,62-63H,3-10,15-22,27-30H2,1-2H3. The number of fused-ring (bicyclic) bond motifs is 4. The molecular weight excluding hydrogens is 797 g/mol. The average Bonchev–Trinajstić information content (AvgIpc) is 3.65. The normalized spacial score (nSPS) is 21.8. The van der Waals surface area contributed by atoms with E-state index >= 15 is 0 Å². The number of aromatic hydroxyl groups is 2. The quantitative estimate of drug-likeness (QED) is 0.163. The molecule has 6 aliphatic rings. The van der Waals surface area contributed by atoms with Crippen LogP contribution in [0.2, 0.25) is 0 Å². The lowest BCUT2D eigenvalue weighted by molar-refractivity contribution is 0.0813. The van der Waals surface area contributed by atoms with Gasteiger partial charge in [-0.05, 0) is 228 Å². The molecule has 11 rings (SSSR count). The predicted molar refractivity (Wildman–Crippen MR) is 266 cm³/mol. The number of para-hydroxylation sites is 2. The van der Waals surface area contributed by atoms with Crippen molar-refractivity contribution < 1.29 is 19.7 Å². The molecule has 5 aromatic carbocycles. The van der Waals surface area contributed by atoms with Crippen molar-refractivity contribution in [2.24, 2.45) is 5.92 Å². The molecule has 0 aliphatic heterocycles. The van der Waals surface area contributed by atoms with Crippen molar-refractivity contribution in [2.45, 2.75) is 154 Å². The van der Waals surface area contributed by atoms with Gasteiger partial charge in [-0.2, -0.15) is 0 Å². The molecule has 6 aliphatic carbocycles. The van der Waals surface area contributed by atoms with Gasteiger partial charge in [-0.1, -0.05) is 66.6 Å². The van der Waals surface area contributed by atoms with E-state index in [1.165, 1.54) is 101 Å². The summed E-state index contributed by atoms with van der Waals surface area (Å²) >= 11 is 0. The summed E-state index contributed by atoms with van der Waals surface area (Å²) in [5.74, 6) is 2.74. The number of hydrogen-bond donors (Lipinski definition) is 2. The zero-order valence-electron chi connectivity index (χ0n) is 38.7. The lowest BCUT2D eigenvalue weighted by Gasteiger charge is -2.31. The SMILES string of the molecule is Cc1cc(C2=C3CCCCC3=CC3=CC2CCCC3)c(O)c(-c2ccccc2OC2CCC(Oc3ccccc3-c3cc(C)cc(-c4c5c(cc6c4CCCC6)CCCC5)c3O)CC2)c1. The van der Waals surface area contributed by atoms with Crippen LogP contribution in [0, 0.1) is 19.8 Å². The molecule has 2 saturated carbocycles. The first-order valence-corrected chi connectivity index (χ1v) is 25.4. The Balaban J connectivity index is 0.837. The van der Waals surface area contributed by atoms with Gasteiger partial charge >= 0.3 is 0 Å². The maximum Gasteiger partial charge on any atom is 0.131 e. The minimum Gasteiger partial charge on any atom is -0.507 e. The van der Waals surface area contributed by atoms with Gasteiger partial charge in [0.05, 0.1) is 12.2 Å². The predicted octanol–water partition coefficient (Wildman–Crippen LogP) is 15.6. The number of phenolic OH excluding ortho intramolecular Hbond substituents is 2. The second kappa shape index (κ2) is 18.1. The molecule has 4 heteroatoms. The van der Waals surface area contributed by atoms with Gasteiger partial charge < -0.3 is 19.7 Å². The number of allylic oxidation sites excluding steroid dienone is 6. The summed E-state index contributed by atoms with van der Waals surface area (Å²) in [6.45, 7) is 4.34. The largest absolute Gasteiger partial charge is 0.507 e. The van der Waals surface area contributed by atoms with E-state index in [2.05, 4.69) is 105 Å². The van der Waals surface area contributed by atoms with E-state index < -0.39 is 0 Å². The molecule has 2 N–H and O–H groups in total. The van der Waals surface area contributed by atoms with Crippen molar-refractivity contribution in [1.82, 2.24) is 0 Å². The topological polar surface area (TPSA) is 58.9 Å². The average molecular weight is 863 g/mol. The minimum absolute atomic E-state index is 0.0417. The summed E-state index contributed by atoms with van der Waals surface area (Å²) in [6, 6.07) is 27.9. The van der Waals surface area contributed by atoms with Gasteiger partial charge in [-0.15, -0.1) is 0 Å². The summed E-state index contributed by atoms with van der Waals surface area (Å²) in [5.41, 5.74) is 21.0. The Morgan fingerprint density at radius 1 is 0.477 bits per heavy atom. The number of phenols is 2. The molecule has 0 heterocycles. The Hall–Kier alpha value is -5.48. The van der Waals surface area contributed by atoms with E-state index in [1.54, 1.807) is 0 Å². The van der Waals surface area contributed by atoms with Crippen LogP contribution in [0.4, 0.5) is 0 Å². The first kappa shape index (κ1) is 42.2. The van der Waals surface area contributed by atoms with Crippen LogP contribution in [-0.2, 0) is 25.7 Å². The van der Waals surface area contributed by atoms with Crippen molar-refractivity contribution in [3.63, 3.8) is 0 Å². The van der Waals surface area contributed by atoms with E-state index in [-0.39, 0.29) is 12.2 Å². The molecule has 1 unspecified atom stereocenters. The van der Waals surface area contributed by atoms with Crippen LogP contribution < -0.4 is 9.47 Å². The molecule has 0 aromatic heterocycles. The smallest absolute Gasteiger partial charge is 0.131 e. The van der Waals surface area contributed by atoms with Crippen LogP contribution in [-0.4, -0.2) is 22.4 Å². The Morgan fingerprint density at radius 2 is 0.985 bits per heavy atom. The fourth-order valence-electron chi connectivity index (χ4n) is 12.7. The number of rotatable bonds is 8. The highest BCUT2D eigenvalue weighted by Crippen LogP contribution is 2.51. The Kier molecular flexibility index (Phi) is 11.7. The van der Waals surface area contributed by atoms with Crippen molar-refractivity contribution in [3.8, 4) is 56.4 Å². The lowest BCUT2D eigenvalue weighted by Crippen LogP contribution is -2.30. The Morgan fingerprint density at radius 3 is 1.62 bits per heavy atom. The Labute approximate surface area is 387 Å². The number of ether oxygens (including phenoxy) is 2. The van der Waals surface area contributed by atoms with Crippen molar-refractivity contribution in [3.05, 3.63) is 147 Å². The first-order valence-electron chi connectivity index (χ1n) is 25.4. The van der Waals surface area contributed by atoms with Gasteiger partial charge in [0.15, 0.2) is 0 Å². The molecule has 334 valence electrons. The molecule has 5 aromatic rings. The fraction of sp³-hybridized carbons (Fsp3) is 0.410. The lowest BCUT2D eigenvalue weighted by atomic mass is 9.76. The maximum atomic E-state index is 12.4. The first-order chi connectivity index (χ1) is 31.9. The number of hydrogen-bond acceptors (Lipinski definition) is 4. The molecular formula is C61H66O4. The van der Waals surface area contributed by atoms with Crippen molar-refractivity contribution >= 4 is 5.57 Å². The minimum atomic E-state index is 0.0417. The van der Waals surface area contributed by atoms with Gasteiger partial charge in [0.2, 0.25) is 0 Å². The third kappa shape index (κ3) is 8.25. The number of benzene rings is 5. The van der Waals surface area contributed by atoms with E-state index in [0.717, 1.165) is 133 Å². The summed E-state index contributed by atoms with van der Waals surface area (Å²) in [5, 5.41) is 24.8. The molecule has 0 amide bonds. The highest BCUT2D eigenvalue weighted by Gasteiger charge is 2.32. The zero-order valence-corrected chi connectivity index (χ0v) is 38.7. The van der Waals surface area contributed by atoms with Gasteiger partial charge in [0.1, 0.15) is 23.0 Å². The van der Waals surface area contributed by atoms with Crippen LogP contribution in [0.1, 0.15) is 142 Å². The van der Waals surface area contributed by atoms with Crippen LogP contribution in [0.15, 0.2) is 108 Å². The third-order valence-electron chi connectivity index (χ3n) is 15.8. The van der Waals surface area contributed by atoms with E-state index in [4.69, 9.17) is 9.47 Å². The van der Waals surface area contributed by atoms with E-state index in [0.29, 0.717) is 17.4 Å². The highest BCUT2D eigenvalue weighted by molar-refractivity contribution is 5.89. The van der Waals surface area contributed by atoms with Gasteiger partial charge in [0.25, 0.3) is 0 Å². The van der Waals surface area contributed by atoms with Crippen molar-refractivity contribution in [2.75, 3.05) is 0 Å². The molecule has 0 saturated heterocycles.